The summed E-state index contributed by atoms with van der Waals surface area (Å²) in [4.78, 5) is 57.3. The minimum Gasteiger partial charge on any atom is -0.444 e. The maximum absolute atomic E-state index is 13.8. The smallest absolute Gasteiger partial charge is 0.408 e. The Hall–Kier alpha value is -3.56. The third kappa shape index (κ3) is 19.0. The summed E-state index contributed by atoms with van der Waals surface area (Å²) >= 11 is 0. The van der Waals surface area contributed by atoms with Gasteiger partial charge in [-0.25, -0.2) is 9.86 Å². The van der Waals surface area contributed by atoms with Crippen LogP contribution in [-0.2, 0) is 41.9 Å². The zero-order chi connectivity index (χ0) is 34.3. The molecule has 0 aromatic heterocycles. The van der Waals surface area contributed by atoms with Crippen molar-refractivity contribution in [3.05, 3.63) is 71.8 Å². The van der Waals surface area contributed by atoms with Crippen LogP contribution in [0.15, 0.2) is 60.7 Å². The molecular weight excluding hydrogens is 596 g/mol. The Morgan fingerprint density at radius 3 is 1.74 bits per heavy atom. The number of benzene rings is 2. The quantitative estimate of drug-likeness (QED) is 0.0907. The van der Waals surface area contributed by atoms with Crippen molar-refractivity contribution in [2.45, 2.75) is 130 Å². The molecule has 0 heterocycles. The first-order valence-electron chi connectivity index (χ1n) is 17.2. The van der Waals surface area contributed by atoms with E-state index < -0.39 is 23.6 Å². The van der Waals surface area contributed by atoms with E-state index in [0.29, 0.717) is 25.0 Å². The minimum atomic E-state index is -1.10. The van der Waals surface area contributed by atoms with Gasteiger partial charge < -0.3 is 14.8 Å². The van der Waals surface area contributed by atoms with Gasteiger partial charge in [0.1, 0.15) is 29.8 Å². The predicted molar refractivity (Wildman–Crippen MR) is 183 cm³/mol. The number of hydrogen-bond donors (Lipinski definition) is 1. The van der Waals surface area contributed by atoms with E-state index in [0.717, 1.165) is 61.1 Å². The van der Waals surface area contributed by atoms with Crippen molar-refractivity contribution in [3.63, 3.8) is 0 Å². The van der Waals surface area contributed by atoms with Gasteiger partial charge in [0.05, 0.1) is 19.8 Å². The highest BCUT2D eigenvalue weighted by Gasteiger charge is 2.30. The summed E-state index contributed by atoms with van der Waals surface area (Å²) < 4.78 is 11.3. The van der Waals surface area contributed by atoms with Gasteiger partial charge in [-0.15, -0.1) is 0 Å². The molecular formula is C38H56N2O7. The number of nitrogens with one attached hydrogen (secondary N) is 1. The molecule has 0 aliphatic heterocycles. The number of nitrogens with zero attached hydrogens (tertiary/aromatic N) is 1. The van der Waals surface area contributed by atoms with E-state index in [1.54, 1.807) is 20.8 Å². The highest BCUT2D eigenvalue weighted by molar-refractivity contribution is 5.86. The molecule has 0 spiro atoms. The molecule has 0 saturated heterocycles. The fraction of sp³-hybridized carbons (Fsp3) is 0.579. The number of ketones is 2. The molecule has 0 unspecified atom stereocenters. The molecule has 0 aliphatic carbocycles. The standard InChI is InChI=1S/C38H56N2O7/c1-5-6-7-16-23-33(41)24-17-8-9-18-25-34(42)26-27-40(46-29-32-21-14-11-15-22-32)36(43)35(39-37(44)47-38(2,3)4)30-45-28-31-19-12-10-13-20-31/h10-15,19-22,35H,5-9,16-18,23-30H2,1-4H3,(H,39,44)/t35-/m0/s1. The van der Waals surface area contributed by atoms with Crippen molar-refractivity contribution in [2.24, 2.45) is 0 Å². The van der Waals surface area contributed by atoms with Crippen LogP contribution in [0.5, 0.6) is 0 Å². The second-order valence-corrected chi connectivity index (χ2v) is 13.0. The average Bonchev–Trinajstić information content (AvgIpc) is 3.04. The first-order valence-corrected chi connectivity index (χ1v) is 17.2. The first kappa shape index (κ1) is 39.6. The molecule has 2 aromatic rings. The topological polar surface area (TPSA) is 111 Å². The molecule has 1 N–H and O–H groups in total. The molecule has 0 aliphatic rings. The molecule has 1 atom stereocenters. The van der Waals surface area contributed by atoms with E-state index in [4.69, 9.17) is 14.3 Å². The Morgan fingerprint density at radius 1 is 0.702 bits per heavy atom. The normalized spacial score (nSPS) is 11.9. The Balaban J connectivity index is 1.94. The van der Waals surface area contributed by atoms with Crippen LogP contribution in [-0.4, -0.2) is 53.4 Å². The van der Waals surface area contributed by atoms with Crippen LogP contribution >= 0.6 is 0 Å². The van der Waals surface area contributed by atoms with E-state index in [1.807, 2.05) is 60.7 Å². The van der Waals surface area contributed by atoms with Crippen LogP contribution in [0.3, 0.4) is 0 Å². The second-order valence-electron chi connectivity index (χ2n) is 13.0. The maximum atomic E-state index is 13.8. The first-order chi connectivity index (χ1) is 22.6. The molecule has 2 amide bonds. The van der Waals surface area contributed by atoms with Gasteiger partial charge in [-0.2, -0.15) is 0 Å². The largest absolute Gasteiger partial charge is 0.444 e. The monoisotopic (exact) mass is 652 g/mol. The Bertz CT molecular complexity index is 1180. The molecule has 260 valence electrons. The summed E-state index contributed by atoms with van der Waals surface area (Å²) in [5.41, 5.74) is 1.02. The van der Waals surface area contributed by atoms with Gasteiger partial charge in [0.15, 0.2) is 0 Å². The van der Waals surface area contributed by atoms with E-state index >= 15 is 0 Å². The SMILES string of the molecule is CCCCCCC(=O)CCCCCCC(=O)CCN(OCc1ccccc1)C(=O)[C@H](COCc1ccccc1)NC(=O)OC(C)(C)C. The van der Waals surface area contributed by atoms with Crippen molar-refractivity contribution in [3.8, 4) is 0 Å². The third-order valence-electron chi connectivity index (χ3n) is 7.42. The summed E-state index contributed by atoms with van der Waals surface area (Å²) in [5.74, 6) is -0.176. The molecule has 0 saturated carbocycles. The highest BCUT2D eigenvalue weighted by Crippen LogP contribution is 2.13. The number of rotatable bonds is 24. The Morgan fingerprint density at radius 2 is 1.21 bits per heavy atom. The van der Waals surface area contributed by atoms with Crippen molar-refractivity contribution in [1.82, 2.24) is 10.4 Å². The van der Waals surface area contributed by atoms with E-state index in [2.05, 4.69) is 12.2 Å². The lowest BCUT2D eigenvalue weighted by Crippen LogP contribution is -2.52. The van der Waals surface area contributed by atoms with Crippen LogP contribution in [0.1, 0.15) is 116 Å². The molecule has 2 rings (SSSR count). The molecule has 9 heteroatoms. The van der Waals surface area contributed by atoms with Crippen molar-refractivity contribution < 1.29 is 33.5 Å². The highest BCUT2D eigenvalue weighted by atomic mass is 16.7. The lowest BCUT2D eigenvalue weighted by atomic mass is 10.0. The number of unbranched alkanes of at least 4 members (excludes halogenated alkanes) is 6. The lowest BCUT2D eigenvalue weighted by molar-refractivity contribution is -0.195. The van der Waals surface area contributed by atoms with Crippen molar-refractivity contribution in [2.75, 3.05) is 13.2 Å². The Labute approximate surface area is 281 Å². The Kier molecular flexibility index (Phi) is 19.3. The van der Waals surface area contributed by atoms with Gasteiger partial charge >= 0.3 is 6.09 Å². The molecule has 9 nitrogen and oxygen atoms in total. The maximum Gasteiger partial charge on any atom is 0.408 e. The van der Waals surface area contributed by atoms with Crippen LogP contribution in [0.25, 0.3) is 0 Å². The van der Waals surface area contributed by atoms with Gasteiger partial charge in [0.2, 0.25) is 0 Å². The molecule has 2 aromatic carbocycles. The number of alkyl carbamates (subject to hydrolysis) is 1. The third-order valence-corrected chi connectivity index (χ3v) is 7.42. The summed E-state index contributed by atoms with van der Waals surface area (Å²) in [6.45, 7) is 7.66. The van der Waals surface area contributed by atoms with Gasteiger partial charge in [-0.1, -0.05) is 99.7 Å². The molecule has 0 bridgehead atoms. The van der Waals surface area contributed by atoms with Gasteiger partial charge in [0.25, 0.3) is 5.91 Å². The van der Waals surface area contributed by atoms with Gasteiger partial charge in [0, 0.05) is 25.7 Å². The van der Waals surface area contributed by atoms with Crippen molar-refractivity contribution >= 4 is 23.6 Å². The van der Waals surface area contributed by atoms with Crippen LogP contribution in [0.4, 0.5) is 4.79 Å². The lowest BCUT2D eigenvalue weighted by Gasteiger charge is -2.28. The van der Waals surface area contributed by atoms with Gasteiger partial charge in [-0.05, 0) is 51.2 Å². The van der Waals surface area contributed by atoms with E-state index in [1.165, 1.54) is 6.42 Å². The molecule has 47 heavy (non-hydrogen) atoms. The summed E-state index contributed by atoms with van der Waals surface area (Å²) in [6, 6.07) is 17.8. The number of Topliss-reactive ketones (excluding diaryl/α,β-unsaturated/α-hetero) is 2. The zero-order valence-corrected chi connectivity index (χ0v) is 29.0. The van der Waals surface area contributed by atoms with E-state index in [-0.39, 0.29) is 38.6 Å². The fourth-order valence-electron chi connectivity index (χ4n) is 4.86. The van der Waals surface area contributed by atoms with Gasteiger partial charge in [-0.3, -0.25) is 19.2 Å². The van der Waals surface area contributed by atoms with Crippen molar-refractivity contribution in [1.29, 1.82) is 0 Å². The van der Waals surface area contributed by atoms with Crippen LogP contribution < -0.4 is 5.32 Å². The van der Waals surface area contributed by atoms with Crippen LogP contribution in [0.2, 0.25) is 0 Å². The molecule has 0 fully saturated rings. The second kappa shape index (κ2) is 22.9. The number of hydrogen-bond acceptors (Lipinski definition) is 7. The summed E-state index contributed by atoms with van der Waals surface area (Å²) in [7, 11) is 0. The zero-order valence-electron chi connectivity index (χ0n) is 29.0. The van der Waals surface area contributed by atoms with E-state index in [9.17, 15) is 19.2 Å². The predicted octanol–water partition coefficient (Wildman–Crippen LogP) is 7.90. The average molecular weight is 653 g/mol. The number of carbonyl (C=O) groups is 4. The number of amides is 2. The number of ether oxygens (including phenoxy) is 2. The fourth-order valence-corrected chi connectivity index (χ4v) is 4.86. The number of hydroxylamine groups is 2. The number of carbonyl (C=O) groups excluding carboxylic acids is 4. The summed E-state index contributed by atoms with van der Waals surface area (Å²) in [6.07, 6.45) is 8.87. The summed E-state index contributed by atoms with van der Waals surface area (Å²) in [5, 5.41) is 3.80. The molecule has 0 radical (unpaired) electrons. The minimum absolute atomic E-state index is 0.0232. The van der Waals surface area contributed by atoms with Crippen LogP contribution in [0, 0.1) is 0 Å².